The first-order chi connectivity index (χ1) is 21.2. The zero-order chi connectivity index (χ0) is 31.1. The van der Waals surface area contributed by atoms with E-state index in [2.05, 4.69) is 30.3 Å². The second kappa shape index (κ2) is 14.2. The maximum Gasteiger partial charge on any atom is 0.528 e. The van der Waals surface area contributed by atoms with Crippen LogP contribution in [0.5, 0.6) is 0 Å². The maximum atomic E-state index is 12.7. The number of halogens is 1. The third kappa shape index (κ3) is 8.38. The fourth-order valence-electron chi connectivity index (χ4n) is 5.33. The van der Waals surface area contributed by atoms with Crippen LogP contribution in [0, 0.1) is 0 Å². The van der Waals surface area contributed by atoms with E-state index in [0.717, 1.165) is 34.9 Å². The van der Waals surface area contributed by atoms with E-state index < -0.39 is 17.7 Å². The minimum absolute atomic E-state index is 0.220. The zero-order valence-electron chi connectivity index (χ0n) is 25.3. The first-order valence-electron chi connectivity index (χ1n) is 14.9. The molecule has 1 fully saturated rings. The number of hydrogen-bond acceptors (Lipinski definition) is 7. The molecule has 0 aliphatic carbocycles. The van der Waals surface area contributed by atoms with Gasteiger partial charge in [-0.1, -0.05) is 84.4 Å². The number of fused-ring (bicyclic) bond motifs is 1. The maximum absolute atomic E-state index is 12.7. The zero-order valence-corrected chi connectivity index (χ0v) is 26.1. The highest BCUT2D eigenvalue weighted by molar-refractivity contribution is 6.33. The molecule has 1 heterocycles. The van der Waals surface area contributed by atoms with Crippen molar-refractivity contribution in [1.82, 2.24) is 5.06 Å². The Kier molecular flexibility index (Phi) is 10.2. The smallest absolute Gasteiger partial charge is 0.462 e. The minimum Gasteiger partial charge on any atom is -0.462 e. The third-order valence-electron chi connectivity index (χ3n) is 7.43. The Labute approximate surface area is 263 Å². The molecule has 1 aliphatic rings. The number of esters is 1. The molecule has 4 aromatic carbocycles. The molecule has 44 heavy (non-hydrogen) atoms. The van der Waals surface area contributed by atoms with E-state index >= 15 is 0 Å². The molecule has 7 nitrogen and oxygen atoms in total. The van der Waals surface area contributed by atoms with Crippen LogP contribution in [0.3, 0.4) is 0 Å². The van der Waals surface area contributed by atoms with Crippen molar-refractivity contribution in [2.75, 3.05) is 13.2 Å². The molecule has 8 heteroatoms. The number of benzene rings is 4. The Morgan fingerprint density at radius 3 is 2.34 bits per heavy atom. The topological polar surface area (TPSA) is 74.3 Å². The van der Waals surface area contributed by atoms with Gasteiger partial charge >= 0.3 is 12.1 Å². The quantitative estimate of drug-likeness (QED) is 0.175. The third-order valence-corrected chi connectivity index (χ3v) is 7.76. The van der Waals surface area contributed by atoms with Gasteiger partial charge in [0.15, 0.2) is 0 Å². The summed E-state index contributed by atoms with van der Waals surface area (Å²) in [4.78, 5) is 30.9. The number of hydroxylamine groups is 2. The average Bonchev–Trinajstić information content (AvgIpc) is 2.99. The Hall–Kier alpha value is -3.91. The van der Waals surface area contributed by atoms with Crippen LogP contribution in [-0.2, 0) is 32.1 Å². The molecule has 0 radical (unpaired) electrons. The lowest BCUT2D eigenvalue weighted by Crippen LogP contribution is -2.44. The minimum atomic E-state index is -0.741. The number of rotatable bonds is 9. The number of nitrogens with zero attached hydrogens (tertiary/aromatic N) is 1. The van der Waals surface area contributed by atoms with Crippen LogP contribution in [0.1, 0.15) is 66.7 Å². The van der Waals surface area contributed by atoms with E-state index in [1.165, 1.54) is 5.39 Å². The van der Waals surface area contributed by atoms with Gasteiger partial charge in [-0.3, -0.25) is 0 Å². The lowest BCUT2D eigenvalue weighted by atomic mass is 9.93. The summed E-state index contributed by atoms with van der Waals surface area (Å²) < 4.78 is 17.4. The molecule has 0 spiro atoms. The molecule has 2 unspecified atom stereocenters. The van der Waals surface area contributed by atoms with E-state index in [4.69, 9.17) is 30.6 Å². The van der Waals surface area contributed by atoms with Gasteiger partial charge < -0.3 is 19.0 Å². The largest absolute Gasteiger partial charge is 0.528 e. The second-order valence-corrected chi connectivity index (χ2v) is 12.3. The summed E-state index contributed by atoms with van der Waals surface area (Å²) in [7, 11) is 0. The van der Waals surface area contributed by atoms with Crippen molar-refractivity contribution in [3.8, 4) is 0 Å². The van der Waals surface area contributed by atoms with E-state index in [1.54, 1.807) is 29.3 Å². The summed E-state index contributed by atoms with van der Waals surface area (Å²) in [5.74, 6) is -0.448. The van der Waals surface area contributed by atoms with Crippen LogP contribution >= 0.6 is 11.6 Å². The fraction of sp³-hybridized carbons (Fsp3) is 0.333. The van der Waals surface area contributed by atoms with Crippen LogP contribution in [0.2, 0.25) is 5.02 Å². The van der Waals surface area contributed by atoms with Crippen molar-refractivity contribution in [2.45, 2.75) is 64.4 Å². The number of carbonyl (C=O) groups excluding carboxylic acids is 2. The number of carbonyl (C=O) groups is 2. The molecule has 1 saturated heterocycles. The molecule has 4 aromatic rings. The van der Waals surface area contributed by atoms with Crippen molar-refractivity contribution in [1.29, 1.82) is 0 Å². The van der Waals surface area contributed by atoms with Gasteiger partial charge in [-0.05, 0) is 79.3 Å². The van der Waals surface area contributed by atoms with Gasteiger partial charge in [0.2, 0.25) is 0 Å². The van der Waals surface area contributed by atoms with Crippen LogP contribution in [-0.4, -0.2) is 42.0 Å². The van der Waals surface area contributed by atoms with E-state index in [0.29, 0.717) is 30.2 Å². The van der Waals surface area contributed by atoms with Gasteiger partial charge in [0.1, 0.15) is 5.60 Å². The molecule has 0 saturated carbocycles. The van der Waals surface area contributed by atoms with Crippen molar-refractivity contribution < 1.29 is 28.6 Å². The lowest BCUT2D eigenvalue weighted by Gasteiger charge is -2.39. The number of hydrogen-bond donors (Lipinski definition) is 0. The highest BCUT2D eigenvalue weighted by atomic mass is 35.5. The molecule has 5 rings (SSSR count). The summed E-state index contributed by atoms with van der Waals surface area (Å²) in [5.41, 5.74) is 2.71. The van der Waals surface area contributed by atoms with E-state index in [1.807, 2.05) is 57.2 Å². The van der Waals surface area contributed by atoms with Gasteiger partial charge in [-0.2, -0.15) is 0 Å². The van der Waals surface area contributed by atoms with Crippen LogP contribution in [0.25, 0.3) is 10.8 Å². The fourth-order valence-corrected chi connectivity index (χ4v) is 5.55. The molecule has 1 aliphatic heterocycles. The van der Waals surface area contributed by atoms with Gasteiger partial charge in [0.25, 0.3) is 0 Å². The highest BCUT2D eigenvalue weighted by Gasteiger charge is 2.37. The molecule has 0 bridgehead atoms. The number of piperidine rings is 1. The summed E-state index contributed by atoms with van der Waals surface area (Å²) in [6, 6.07) is 29.1. The van der Waals surface area contributed by atoms with Crippen molar-refractivity contribution in [2.24, 2.45) is 0 Å². The first kappa shape index (κ1) is 31.5. The van der Waals surface area contributed by atoms with Gasteiger partial charge in [0, 0.05) is 13.0 Å². The Balaban J connectivity index is 1.28. The number of ether oxygens (including phenoxy) is 3. The summed E-state index contributed by atoms with van der Waals surface area (Å²) in [6.45, 7) is 6.63. The normalized spacial score (nSPS) is 17.3. The van der Waals surface area contributed by atoms with Gasteiger partial charge in [-0.15, -0.1) is 5.06 Å². The van der Waals surface area contributed by atoms with Crippen molar-refractivity contribution >= 4 is 34.5 Å². The van der Waals surface area contributed by atoms with Crippen LogP contribution in [0.15, 0.2) is 91.0 Å². The highest BCUT2D eigenvalue weighted by Crippen LogP contribution is 2.35. The van der Waals surface area contributed by atoms with Gasteiger partial charge in [-0.25, -0.2) is 9.59 Å². The Morgan fingerprint density at radius 1 is 0.886 bits per heavy atom. The van der Waals surface area contributed by atoms with E-state index in [9.17, 15) is 9.59 Å². The molecular formula is C36H38ClNO6. The summed E-state index contributed by atoms with van der Waals surface area (Å²) in [5, 5.41) is 4.40. The monoisotopic (exact) mass is 615 g/mol. The van der Waals surface area contributed by atoms with Crippen LogP contribution in [0.4, 0.5) is 4.79 Å². The molecule has 230 valence electrons. The lowest BCUT2D eigenvalue weighted by molar-refractivity contribution is -0.209. The molecule has 0 aromatic heterocycles. The predicted octanol–water partition coefficient (Wildman–Crippen LogP) is 8.48. The predicted molar refractivity (Wildman–Crippen MR) is 170 cm³/mol. The molecular weight excluding hydrogens is 578 g/mol. The Bertz CT molecular complexity index is 1580. The summed E-state index contributed by atoms with van der Waals surface area (Å²) >= 11 is 6.12. The SMILES string of the molecule is CC(C)(C)OC(=O)ON1CCCC(OCc2ccc3ccccc3c2)C1c1ccc(CCOC(=O)c2ccccc2Cl)cc1. The van der Waals surface area contributed by atoms with E-state index in [-0.39, 0.29) is 18.8 Å². The molecule has 0 amide bonds. The second-order valence-electron chi connectivity index (χ2n) is 11.9. The first-order valence-corrected chi connectivity index (χ1v) is 15.3. The molecule has 2 atom stereocenters. The Morgan fingerprint density at radius 2 is 1.59 bits per heavy atom. The van der Waals surface area contributed by atoms with Crippen molar-refractivity contribution in [3.63, 3.8) is 0 Å². The van der Waals surface area contributed by atoms with Gasteiger partial charge in [0.05, 0.1) is 35.9 Å². The average molecular weight is 616 g/mol. The molecule has 0 N–H and O–H groups in total. The van der Waals surface area contributed by atoms with Crippen molar-refractivity contribution in [3.05, 3.63) is 118 Å². The van der Waals surface area contributed by atoms with Crippen LogP contribution < -0.4 is 0 Å². The standard InChI is InChI=1S/C36H38ClNO6/c1-36(2,3)43-35(40)44-38-21-8-13-32(42-24-26-16-17-27-9-4-5-10-29(27)23-26)33(38)28-18-14-25(15-19-28)20-22-41-34(39)30-11-6-7-12-31(30)37/h4-7,9-12,14-19,23,32-33H,8,13,20-22,24H2,1-3H3. The summed E-state index contributed by atoms with van der Waals surface area (Å²) in [6.07, 6.45) is 1.19.